The van der Waals surface area contributed by atoms with Gasteiger partial charge in [-0.05, 0) is 45.4 Å². The topological polar surface area (TPSA) is 90.9 Å². The van der Waals surface area contributed by atoms with E-state index in [1.807, 2.05) is 25.7 Å². The third-order valence-electron chi connectivity index (χ3n) is 4.27. The number of urea groups is 1. The first kappa shape index (κ1) is 20.0. The molecular formula is C18H26FN3O4. The van der Waals surface area contributed by atoms with Gasteiger partial charge < -0.3 is 20.5 Å². The third-order valence-corrected chi connectivity index (χ3v) is 4.27. The largest absolute Gasteiger partial charge is 0.491 e. The highest BCUT2D eigenvalue weighted by Crippen LogP contribution is 2.26. The molecule has 0 aliphatic heterocycles. The minimum Gasteiger partial charge on any atom is -0.491 e. The van der Waals surface area contributed by atoms with Crippen LogP contribution in [-0.4, -0.2) is 53.3 Å². The van der Waals surface area contributed by atoms with Crippen molar-refractivity contribution in [2.45, 2.75) is 51.8 Å². The van der Waals surface area contributed by atoms with Crippen LogP contribution in [0.25, 0.3) is 0 Å². The average Bonchev–Trinajstić information content (AvgIpc) is 2.50. The van der Waals surface area contributed by atoms with E-state index in [1.165, 1.54) is 12.1 Å². The molecule has 144 valence electrons. The van der Waals surface area contributed by atoms with E-state index in [-0.39, 0.29) is 30.4 Å². The summed E-state index contributed by atoms with van der Waals surface area (Å²) in [6, 6.07) is 3.91. The van der Waals surface area contributed by atoms with Crippen molar-refractivity contribution in [2.24, 2.45) is 0 Å². The fraction of sp³-hybridized carbons (Fsp3) is 0.556. The molecule has 1 saturated carbocycles. The van der Waals surface area contributed by atoms with Crippen molar-refractivity contribution in [2.75, 3.05) is 18.4 Å². The van der Waals surface area contributed by atoms with Gasteiger partial charge >= 0.3 is 12.0 Å². The lowest BCUT2D eigenvalue weighted by atomic mass is 9.85. The van der Waals surface area contributed by atoms with Crippen LogP contribution in [0.1, 0.15) is 33.6 Å². The van der Waals surface area contributed by atoms with Crippen LogP contribution in [0.15, 0.2) is 18.2 Å². The summed E-state index contributed by atoms with van der Waals surface area (Å²) in [6.45, 7) is 6.24. The van der Waals surface area contributed by atoms with Gasteiger partial charge in [0.2, 0.25) is 0 Å². The van der Waals surface area contributed by atoms with Gasteiger partial charge in [0, 0.05) is 18.2 Å². The van der Waals surface area contributed by atoms with Crippen molar-refractivity contribution in [3.63, 3.8) is 0 Å². The van der Waals surface area contributed by atoms with Crippen molar-refractivity contribution in [3.8, 4) is 5.75 Å². The maximum absolute atomic E-state index is 14.0. The van der Waals surface area contributed by atoms with Crippen LogP contribution >= 0.6 is 0 Å². The second-order valence-electron chi connectivity index (χ2n) is 6.69. The number of carbonyl (C=O) groups is 2. The lowest BCUT2D eigenvalue weighted by molar-refractivity contribution is -0.139. The van der Waals surface area contributed by atoms with Crippen LogP contribution in [0, 0.1) is 5.82 Å². The maximum Gasteiger partial charge on any atom is 0.319 e. The highest BCUT2D eigenvalue weighted by molar-refractivity contribution is 5.89. The van der Waals surface area contributed by atoms with Crippen molar-refractivity contribution in [1.29, 1.82) is 0 Å². The number of benzene rings is 1. The monoisotopic (exact) mass is 367 g/mol. The summed E-state index contributed by atoms with van der Waals surface area (Å²) in [5.41, 5.74) is 0.0792. The highest BCUT2D eigenvalue weighted by Gasteiger charge is 2.34. The molecule has 0 aromatic heterocycles. The number of hydrogen-bond donors (Lipinski definition) is 3. The number of carbonyl (C=O) groups excluding carboxylic acids is 1. The van der Waals surface area contributed by atoms with Crippen molar-refractivity contribution in [1.82, 2.24) is 10.2 Å². The van der Waals surface area contributed by atoms with Gasteiger partial charge in [0.25, 0.3) is 0 Å². The summed E-state index contributed by atoms with van der Waals surface area (Å²) >= 11 is 0. The quantitative estimate of drug-likeness (QED) is 0.657. The van der Waals surface area contributed by atoms with E-state index in [1.54, 1.807) is 6.07 Å². The molecule has 1 aliphatic carbocycles. The average molecular weight is 367 g/mol. The molecule has 0 spiro atoms. The normalized spacial score (nSPS) is 19.2. The van der Waals surface area contributed by atoms with Crippen LogP contribution in [0.3, 0.4) is 0 Å². The Kier molecular flexibility index (Phi) is 6.79. The van der Waals surface area contributed by atoms with Crippen molar-refractivity contribution in [3.05, 3.63) is 24.0 Å². The summed E-state index contributed by atoms with van der Waals surface area (Å²) < 4.78 is 19.4. The molecule has 2 amide bonds. The fourth-order valence-electron chi connectivity index (χ4n) is 2.96. The number of likely N-dealkylation sites (N-methyl/N-ethyl adjacent to an activating group) is 1. The second kappa shape index (κ2) is 8.84. The SMILES string of the molecule is CCN(CC(=O)O)C1CC(NC(=O)Nc2ccc(OC(C)C)cc2F)C1. The zero-order chi connectivity index (χ0) is 19.3. The van der Waals surface area contributed by atoms with Crippen molar-refractivity contribution >= 4 is 17.7 Å². The highest BCUT2D eigenvalue weighted by atomic mass is 19.1. The first-order valence-corrected chi connectivity index (χ1v) is 8.78. The maximum atomic E-state index is 14.0. The van der Waals surface area contributed by atoms with E-state index in [9.17, 15) is 14.0 Å². The molecule has 0 bridgehead atoms. The smallest absolute Gasteiger partial charge is 0.319 e. The Morgan fingerprint density at radius 1 is 1.38 bits per heavy atom. The molecule has 0 saturated heterocycles. The molecule has 7 nitrogen and oxygen atoms in total. The van der Waals surface area contributed by atoms with Gasteiger partial charge in [-0.2, -0.15) is 0 Å². The molecule has 1 aromatic rings. The number of rotatable bonds is 8. The number of carboxylic acid groups (broad SMARTS) is 1. The number of ether oxygens (including phenoxy) is 1. The van der Waals surface area contributed by atoms with E-state index >= 15 is 0 Å². The molecule has 1 fully saturated rings. The molecule has 2 rings (SSSR count). The molecule has 0 heterocycles. The summed E-state index contributed by atoms with van der Waals surface area (Å²) in [4.78, 5) is 24.7. The van der Waals surface area contributed by atoms with Crippen LogP contribution in [0.5, 0.6) is 5.75 Å². The number of nitrogens with zero attached hydrogens (tertiary/aromatic N) is 1. The van der Waals surface area contributed by atoms with Crippen molar-refractivity contribution < 1.29 is 23.8 Å². The van der Waals surface area contributed by atoms with Gasteiger partial charge in [-0.15, -0.1) is 0 Å². The van der Waals surface area contributed by atoms with E-state index in [2.05, 4.69) is 10.6 Å². The van der Waals surface area contributed by atoms with Crippen LogP contribution in [0.2, 0.25) is 0 Å². The zero-order valence-electron chi connectivity index (χ0n) is 15.3. The number of anilines is 1. The fourth-order valence-corrected chi connectivity index (χ4v) is 2.96. The molecule has 8 heteroatoms. The first-order chi connectivity index (χ1) is 12.3. The number of nitrogens with one attached hydrogen (secondary N) is 2. The molecule has 26 heavy (non-hydrogen) atoms. The Morgan fingerprint density at radius 3 is 2.62 bits per heavy atom. The van der Waals surface area contributed by atoms with E-state index in [0.717, 1.165) is 0 Å². The van der Waals surface area contributed by atoms with Crippen LogP contribution < -0.4 is 15.4 Å². The minimum absolute atomic E-state index is 0.00388. The van der Waals surface area contributed by atoms with Gasteiger partial charge in [0.15, 0.2) is 0 Å². The standard InChI is InChI=1S/C18H26FN3O4/c1-4-22(10-17(23)24)13-7-12(8-13)20-18(25)21-16-6-5-14(9-15(16)19)26-11(2)3/h5-6,9,11-13H,4,7-8,10H2,1-3H3,(H,23,24)(H2,20,21,25). The summed E-state index contributed by atoms with van der Waals surface area (Å²) in [7, 11) is 0. The molecular weight excluding hydrogens is 341 g/mol. The van der Waals surface area contributed by atoms with Crippen LogP contribution in [0.4, 0.5) is 14.9 Å². The Hall–Kier alpha value is -2.35. The second-order valence-corrected chi connectivity index (χ2v) is 6.69. The van der Waals surface area contributed by atoms with Gasteiger partial charge in [-0.25, -0.2) is 9.18 Å². The number of carboxylic acids is 1. The lowest BCUT2D eigenvalue weighted by Gasteiger charge is -2.42. The van der Waals surface area contributed by atoms with Crippen LogP contribution in [-0.2, 0) is 4.79 Å². The predicted molar refractivity (Wildman–Crippen MR) is 96.0 cm³/mol. The zero-order valence-corrected chi connectivity index (χ0v) is 15.3. The third kappa shape index (κ3) is 5.59. The Balaban J connectivity index is 1.80. The number of aliphatic carboxylic acids is 1. The Bertz CT molecular complexity index is 647. The Morgan fingerprint density at radius 2 is 2.08 bits per heavy atom. The summed E-state index contributed by atoms with van der Waals surface area (Å²) in [5.74, 6) is -1.02. The number of amides is 2. The van der Waals surface area contributed by atoms with Gasteiger partial charge in [-0.1, -0.05) is 6.92 Å². The van der Waals surface area contributed by atoms with Gasteiger partial charge in [0.1, 0.15) is 11.6 Å². The molecule has 0 unspecified atom stereocenters. The summed E-state index contributed by atoms with van der Waals surface area (Å²) in [6.07, 6.45) is 1.29. The minimum atomic E-state index is -0.860. The predicted octanol–water partition coefficient (Wildman–Crippen LogP) is 2.67. The van der Waals surface area contributed by atoms with Gasteiger partial charge in [-0.3, -0.25) is 9.69 Å². The summed E-state index contributed by atoms with van der Waals surface area (Å²) in [5, 5.41) is 14.2. The van der Waals surface area contributed by atoms with Gasteiger partial charge in [0.05, 0.1) is 18.3 Å². The van der Waals surface area contributed by atoms with E-state index in [0.29, 0.717) is 25.1 Å². The first-order valence-electron chi connectivity index (χ1n) is 8.78. The number of halogens is 1. The lowest BCUT2D eigenvalue weighted by Crippen LogP contribution is -2.55. The molecule has 0 radical (unpaired) electrons. The molecule has 1 aliphatic rings. The molecule has 0 atom stereocenters. The molecule has 1 aromatic carbocycles. The number of hydrogen-bond acceptors (Lipinski definition) is 4. The van der Waals surface area contributed by atoms with E-state index < -0.39 is 17.8 Å². The van der Waals surface area contributed by atoms with E-state index in [4.69, 9.17) is 9.84 Å². The Labute approximate surface area is 152 Å². The molecule has 3 N–H and O–H groups in total.